The molecule has 0 spiro atoms. The van der Waals surface area contributed by atoms with Gasteiger partial charge in [0.2, 0.25) is 10.0 Å². The molecule has 0 saturated carbocycles. The van der Waals surface area contributed by atoms with Crippen LogP contribution in [0.1, 0.15) is 27.3 Å². The van der Waals surface area contributed by atoms with Gasteiger partial charge in [0.25, 0.3) is 5.91 Å². The van der Waals surface area contributed by atoms with E-state index in [0.29, 0.717) is 39.2 Å². The summed E-state index contributed by atoms with van der Waals surface area (Å²) < 4.78 is 27.8. The van der Waals surface area contributed by atoms with Crippen molar-refractivity contribution < 1.29 is 13.2 Å². The van der Waals surface area contributed by atoms with E-state index in [1.807, 2.05) is 13.8 Å². The SMILES string of the molecule is Cc1cc(C(=O)Nc2ccc(C)c(S(=O)(=O)N(C)C)c2)c2c(C)nn(C)c2n1. The Labute approximate surface area is 164 Å². The van der Waals surface area contributed by atoms with Crippen molar-refractivity contribution in [2.45, 2.75) is 25.7 Å². The van der Waals surface area contributed by atoms with Crippen molar-refractivity contribution >= 4 is 32.7 Å². The van der Waals surface area contributed by atoms with Gasteiger partial charge in [-0.15, -0.1) is 0 Å². The topological polar surface area (TPSA) is 97.2 Å². The number of hydrogen-bond acceptors (Lipinski definition) is 5. The molecule has 1 aromatic carbocycles. The largest absolute Gasteiger partial charge is 0.322 e. The zero-order valence-corrected chi connectivity index (χ0v) is 17.5. The molecule has 0 radical (unpaired) electrons. The van der Waals surface area contributed by atoms with Crippen LogP contribution in [0.2, 0.25) is 0 Å². The first-order chi connectivity index (χ1) is 13.0. The predicted octanol–water partition coefficient (Wildman–Crippen LogP) is 2.40. The Morgan fingerprint density at radius 1 is 1.14 bits per heavy atom. The Morgan fingerprint density at radius 2 is 1.82 bits per heavy atom. The van der Waals surface area contributed by atoms with Gasteiger partial charge in [-0.05, 0) is 44.5 Å². The summed E-state index contributed by atoms with van der Waals surface area (Å²) in [5.74, 6) is -0.344. The number of aryl methyl sites for hydroxylation is 4. The Hall–Kier alpha value is -2.78. The smallest absolute Gasteiger partial charge is 0.256 e. The Balaban J connectivity index is 2.05. The molecule has 2 aromatic heterocycles. The van der Waals surface area contributed by atoms with E-state index in [2.05, 4.69) is 15.4 Å². The molecule has 1 N–H and O–H groups in total. The van der Waals surface area contributed by atoms with Gasteiger partial charge in [-0.25, -0.2) is 17.7 Å². The van der Waals surface area contributed by atoms with Crippen molar-refractivity contribution in [2.24, 2.45) is 7.05 Å². The molecule has 1 amide bonds. The van der Waals surface area contributed by atoms with Gasteiger partial charge in [0.1, 0.15) is 0 Å². The predicted molar refractivity (Wildman–Crippen MR) is 108 cm³/mol. The third-order valence-electron chi connectivity index (χ3n) is 4.55. The zero-order chi connectivity index (χ0) is 20.8. The summed E-state index contributed by atoms with van der Waals surface area (Å²) in [6, 6.07) is 6.54. The van der Waals surface area contributed by atoms with E-state index < -0.39 is 10.0 Å². The molecule has 9 heteroatoms. The average molecular weight is 401 g/mol. The zero-order valence-electron chi connectivity index (χ0n) is 16.7. The summed E-state index contributed by atoms with van der Waals surface area (Å²) in [7, 11) is 1.11. The molecule has 0 aliphatic rings. The maximum atomic E-state index is 13.0. The highest BCUT2D eigenvalue weighted by atomic mass is 32.2. The molecule has 3 aromatic rings. The molecule has 3 rings (SSSR count). The molecule has 148 valence electrons. The highest BCUT2D eigenvalue weighted by Gasteiger charge is 2.22. The number of nitrogens with zero attached hydrogens (tertiary/aromatic N) is 4. The fourth-order valence-corrected chi connectivity index (χ4v) is 4.24. The molecule has 0 bridgehead atoms. The monoisotopic (exact) mass is 401 g/mol. The lowest BCUT2D eigenvalue weighted by Crippen LogP contribution is -2.23. The number of hydrogen-bond donors (Lipinski definition) is 1. The Kier molecular flexibility index (Phi) is 4.99. The fraction of sp³-hybridized carbons (Fsp3) is 0.316. The molecule has 0 saturated heterocycles. The number of carbonyl (C=O) groups excluding carboxylic acids is 1. The molecule has 28 heavy (non-hydrogen) atoms. The van der Waals surface area contributed by atoms with Crippen molar-refractivity contribution in [3.05, 3.63) is 46.8 Å². The van der Waals surface area contributed by atoms with E-state index in [9.17, 15) is 13.2 Å². The summed E-state index contributed by atoms with van der Waals surface area (Å²) in [6.45, 7) is 5.35. The van der Waals surface area contributed by atoms with E-state index in [1.54, 1.807) is 36.9 Å². The van der Waals surface area contributed by atoms with Gasteiger partial charge >= 0.3 is 0 Å². The van der Waals surface area contributed by atoms with Crippen LogP contribution in [0.5, 0.6) is 0 Å². The molecule has 2 heterocycles. The summed E-state index contributed by atoms with van der Waals surface area (Å²) in [6.07, 6.45) is 0. The van der Waals surface area contributed by atoms with Crippen LogP contribution < -0.4 is 5.32 Å². The minimum Gasteiger partial charge on any atom is -0.322 e. The number of sulfonamides is 1. The second kappa shape index (κ2) is 6.99. The number of pyridine rings is 1. The quantitative estimate of drug-likeness (QED) is 0.724. The number of carbonyl (C=O) groups is 1. The molecule has 0 aliphatic carbocycles. The number of fused-ring (bicyclic) bond motifs is 1. The van der Waals surface area contributed by atoms with Crippen LogP contribution in [0.15, 0.2) is 29.2 Å². The molecule has 0 aliphatic heterocycles. The molecule has 0 fully saturated rings. The van der Waals surface area contributed by atoms with Crippen LogP contribution in [0, 0.1) is 20.8 Å². The Morgan fingerprint density at radius 3 is 2.46 bits per heavy atom. The van der Waals surface area contributed by atoms with E-state index in [0.717, 1.165) is 4.31 Å². The first-order valence-electron chi connectivity index (χ1n) is 8.68. The summed E-state index contributed by atoms with van der Waals surface area (Å²) in [5, 5.41) is 7.83. The van der Waals surface area contributed by atoms with Crippen molar-refractivity contribution in [1.29, 1.82) is 0 Å². The van der Waals surface area contributed by atoms with Crippen LogP contribution in [-0.4, -0.2) is 47.5 Å². The second-order valence-electron chi connectivity index (χ2n) is 6.94. The standard InChI is InChI=1S/C19H23N5O3S/c1-11-7-8-14(10-16(11)28(26,27)23(4)5)21-19(25)15-9-12(2)20-18-17(15)13(3)22-24(18)6/h7-10H,1-6H3,(H,21,25). The average Bonchev–Trinajstić information content (AvgIpc) is 2.89. The molecular weight excluding hydrogens is 378 g/mol. The minimum absolute atomic E-state index is 0.156. The lowest BCUT2D eigenvalue weighted by Gasteiger charge is -2.15. The minimum atomic E-state index is -3.62. The van der Waals surface area contributed by atoms with E-state index >= 15 is 0 Å². The molecule has 0 atom stereocenters. The van der Waals surface area contributed by atoms with Gasteiger partial charge in [0.05, 0.1) is 21.5 Å². The summed E-state index contributed by atoms with van der Waals surface area (Å²) in [4.78, 5) is 17.6. The molecule has 0 unspecified atom stereocenters. The van der Waals surface area contributed by atoms with E-state index in [1.165, 1.54) is 20.2 Å². The van der Waals surface area contributed by atoms with Gasteiger partial charge in [0.15, 0.2) is 5.65 Å². The maximum Gasteiger partial charge on any atom is 0.256 e. The van der Waals surface area contributed by atoms with Crippen LogP contribution in [0.4, 0.5) is 5.69 Å². The van der Waals surface area contributed by atoms with Crippen LogP contribution in [0.3, 0.4) is 0 Å². The number of nitrogens with one attached hydrogen (secondary N) is 1. The fourth-order valence-electron chi connectivity index (χ4n) is 3.10. The van der Waals surface area contributed by atoms with E-state index in [4.69, 9.17) is 0 Å². The third-order valence-corrected chi connectivity index (χ3v) is 6.50. The number of benzene rings is 1. The van der Waals surface area contributed by atoms with Crippen LogP contribution in [0.25, 0.3) is 11.0 Å². The highest BCUT2D eigenvalue weighted by molar-refractivity contribution is 7.89. The normalized spacial score (nSPS) is 12.0. The molecule has 8 nitrogen and oxygen atoms in total. The number of rotatable bonds is 4. The van der Waals surface area contributed by atoms with Crippen LogP contribution >= 0.6 is 0 Å². The van der Waals surface area contributed by atoms with E-state index in [-0.39, 0.29) is 10.8 Å². The number of amides is 1. The maximum absolute atomic E-state index is 13.0. The third kappa shape index (κ3) is 3.38. The Bertz CT molecular complexity index is 1200. The van der Waals surface area contributed by atoms with Gasteiger partial charge < -0.3 is 5.32 Å². The van der Waals surface area contributed by atoms with Gasteiger partial charge in [0, 0.05) is 32.5 Å². The summed E-state index contributed by atoms with van der Waals surface area (Å²) >= 11 is 0. The number of aromatic nitrogens is 3. The van der Waals surface area contributed by atoms with Crippen molar-refractivity contribution in [3.8, 4) is 0 Å². The van der Waals surface area contributed by atoms with Crippen molar-refractivity contribution in [2.75, 3.05) is 19.4 Å². The lowest BCUT2D eigenvalue weighted by molar-refractivity contribution is 0.102. The summed E-state index contributed by atoms with van der Waals surface area (Å²) in [5.41, 5.74) is 3.49. The van der Waals surface area contributed by atoms with Gasteiger partial charge in [-0.3, -0.25) is 9.48 Å². The highest BCUT2D eigenvalue weighted by Crippen LogP contribution is 2.25. The second-order valence-corrected chi connectivity index (χ2v) is 9.06. The van der Waals surface area contributed by atoms with Gasteiger partial charge in [-0.2, -0.15) is 5.10 Å². The first-order valence-corrected chi connectivity index (χ1v) is 10.1. The van der Waals surface area contributed by atoms with Crippen molar-refractivity contribution in [3.63, 3.8) is 0 Å². The van der Waals surface area contributed by atoms with Gasteiger partial charge in [-0.1, -0.05) is 6.07 Å². The molecular formula is C19H23N5O3S. The lowest BCUT2D eigenvalue weighted by atomic mass is 10.1. The van der Waals surface area contributed by atoms with Crippen molar-refractivity contribution in [1.82, 2.24) is 19.1 Å². The first kappa shape index (κ1) is 20.0. The van der Waals surface area contributed by atoms with Crippen LogP contribution in [-0.2, 0) is 17.1 Å². The number of anilines is 1.